The molecule has 3 amide bonds. The highest BCUT2D eigenvalue weighted by Gasteiger charge is 2.08. The van der Waals surface area contributed by atoms with Crippen molar-refractivity contribution >= 4 is 28.5 Å². The van der Waals surface area contributed by atoms with Crippen molar-refractivity contribution in [3.05, 3.63) is 35.5 Å². The molecule has 0 aliphatic heterocycles. The summed E-state index contributed by atoms with van der Waals surface area (Å²) in [4.78, 5) is 26.9. The zero-order chi connectivity index (χ0) is 16.1. The summed E-state index contributed by atoms with van der Waals surface area (Å²) in [6, 6.07) is 5.52. The van der Waals surface area contributed by atoms with Crippen LogP contribution in [0.1, 0.15) is 24.5 Å². The number of hydrogen-bond acceptors (Lipinski definition) is 3. The molecule has 0 saturated carbocycles. The fourth-order valence-electron chi connectivity index (χ4n) is 2.31. The van der Waals surface area contributed by atoms with E-state index < -0.39 is 0 Å². The fraction of sp³-hybridized carbons (Fsp3) is 0.312. The van der Waals surface area contributed by atoms with Crippen molar-refractivity contribution in [3.63, 3.8) is 0 Å². The first-order valence-corrected chi connectivity index (χ1v) is 7.22. The van der Waals surface area contributed by atoms with Gasteiger partial charge in [-0.3, -0.25) is 10.1 Å². The number of aryl methyl sites for hydroxylation is 2. The Labute approximate surface area is 129 Å². The summed E-state index contributed by atoms with van der Waals surface area (Å²) in [5.41, 5.74) is 7.33. The minimum absolute atomic E-state index is 0.291. The number of carbonyl (C=O) groups is 2. The van der Waals surface area contributed by atoms with E-state index in [9.17, 15) is 9.59 Å². The molecule has 6 nitrogen and oxygen atoms in total. The van der Waals surface area contributed by atoms with Crippen molar-refractivity contribution < 1.29 is 9.59 Å². The van der Waals surface area contributed by atoms with Crippen LogP contribution in [0.25, 0.3) is 10.8 Å². The fourth-order valence-corrected chi connectivity index (χ4v) is 2.31. The van der Waals surface area contributed by atoms with Crippen LogP contribution in [0.4, 0.5) is 10.6 Å². The maximum Gasteiger partial charge on any atom is 0.320 e. The lowest BCUT2D eigenvalue weighted by atomic mass is 9.99. The van der Waals surface area contributed by atoms with E-state index in [-0.39, 0.29) is 11.9 Å². The maximum atomic E-state index is 11.6. The lowest BCUT2D eigenvalue weighted by Crippen LogP contribution is -2.28. The number of aromatic nitrogens is 1. The van der Waals surface area contributed by atoms with Crippen LogP contribution < -0.4 is 16.4 Å². The van der Waals surface area contributed by atoms with Gasteiger partial charge >= 0.3 is 6.03 Å². The highest BCUT2D eigenvalue weighted by molar-refractivity contribution is 5.94. The van der Waals surface area contributed by atoms with Gasteiger partial charge in [-0.2, -0.15) is 0 Å². The Balaban J connectivity index is 2.37. The molecule has 116 valence electrons. The van der Waals surface area contributed by atoms with Gasteiger partial charge in [0.1, 0.15) is 5.82 Å². The molecule has 4 N–H and O–H groups in total. The predicted molar refractivity (Wildman–Crippen MR) is 86.7 cm³/mol. The number of nitrogens with zero attached hydrogens (tertiary/aromatic N) is 1. The first-order chi connectivity index (χ1) is 10.5. The SMILES string of the molecule is CCNC(=O)Nc1cc2c(CCC(N)=O)ccc(C)c2cn1. The Kier molecular flexibility index (Phi) is 4.93. The molecule has 22 heavy (non-hydrogen) atoms. The maximum absolute atomic E-state index is 11.6. The molecule has 0 radical (unpaired) electrons. The van der Waals surface area contributed by atoms with Crippen LogP contribution in [0, 0.1) is 6.92 Å². The third-order valence-corrected chi connectivity index (χ3v) is 3.43. The molecule has 0 atom stereocenters. The number of primary amides is 1. The van der Waals surface area contributed by atoms with E-state index in [1.54, 1.807) is 6.20 Å². The van der Waals surface area contributed by atoms with Crippen molar-refractivity contribution in [1.82, 2.24) is 10.3 Å². The second-order valence-corrected chi connectivity index (χ2v) is 5.11. The number of urea groups is 1. The van der Waals surface area contributed by atoms with Crippen LogP contribution in [0.15, 0.2) is 24.4 Å². The summed E-state index contributed by atoms with van der Waals surface area (Å²) in [6.45, 7) is 4.39. The molecule has 2 aromatic rings. The predicted octanol–water partition coefficient (Wildman–Crippen LogP) is 2.10. The summed E-state index contributed by atoms with van der Waals surface area (Å²) in [5.74, 6) is 0.146. The normalized spacial score (nSPS) is 10.5. The average molecular weight is 300 g/mol. The number of amides is 3. The van der Waals surface area contributed by atoms with Gasteiger partial charge in [0.05, 0.1) is 0 Å². The number of nitrogens with two attached hydrogens (primary N) is 1. The standard InChI is InChI=1S/C16H20N4O2/c1-3-18-16(22)20-15-8-12-11(6-7-14(17)21)5-4-10(2)13(12)9-19-15/h4-5,8-9H,3,6-7H2,1-2H3,(H2,17,21)(H2,18,19,20,22). The molecule has 0 unspecified atom stereocenters. The number of nitrogens with one attached hydrogen (secondary N) is 2. The molecular formula is C16H20N4O2. The lowest BCUT2D eigenvalue weighted by molar-refractivity contribution is -0.117. The molecule has 0 spiro atoms. The van der Waals surface area contributed by atoms with Crippen LogP contribution in [0.3, 0.4) is 0 Å². The Morgan fingerprint density at radius 2 is 2.05 bits per heavy atom. The second kappa shape index (κ2) is 6.89. The molecule has 0 bridgehead atoms. The van der Waals surface area contributed by atoms with Gasteiger partial charge in [-0.15, -0.1) is 0 Å². The zero-order valence-corrected chi connectivity index (χ0v) is 12.8. The van der Waals surface area contributed by atoms with Gasteiger partial charge < -0.3 is 11.1 Å². The molecular weight excluding hydrogens is 280 g/mol. The molecule has 0 aliphatic carbocycles. The minimum Gasteiger partial charge on any atom is -0.370 e. The molecule has 1 heterocycles. The summed E-state index contributed by atoms with van der Waals surface area (Å²) in [7, 11) is 0. The van der Waals surface area contributed by atoms with E-state index >= 15 is 0 Å². The first-order valence-electron chi connectivity index (χ1n) is 7.22. The van der Waals surface area contributed by atoms with Crippen molar-refractivity contribution in [3.8, 4) is 0 Å². The quantitative estimate of drug-likeness (QED) is 0.788. The van der Waals surface area contributed by atoms with Crippen LogP contribution in [-0.2, 0) is 11.2 Å². The van der Waals surface area contributed by atoms with Crippen LogP contribution >= 0.6 is 0 Å². The molecule has 1 aromatic carbocycles. The van der Waals surface area contributed by atoms with E-state index in [0.29, 0.717) is 25.2 Å². The second-order valence-electron chi connectivity index (χ2n) is 5.11. The number of carbonyl (C=O) groups excluding carboxylic acids is 2. The van der Waals surface area contributed by atoms with Crippen molar-refractivity contribution in [1.29, 1.82) is 0 Å². The summed E-state index contributed by atoms with van der Waals surface area (Å²) in [6.07, 6.45) is 2.59. The first kappa shape index (κ1) is 15.8. The Bertz CT molecular complexity index is 713. The van der Waals surface area contributed by atoms with E-state index in [0.717, 1.165) is 21.9 Å². The van der Waals surface area contributed by atoms with Crippen LogP contribution in [-0.4, -0.2) is 23.5 Å². The largest absolute Gasteiger partial charge is 0.370 e. The molecule has 0 saturated heterocycles. The number of pyridine rings is 1. The highest BCUT2D eigenvalue weighted by atomic mass is 16.2. The highest BCUT2D eigenvalue weighted by Crippen LogP contribution is 2.25. The number of benzene rings is 1. The van der Waals surface area contributed by atoms with E-state index in [4.69, 9.17) is 5.73 Å². The number of anilines is 1. The van der Waals surface area contributed by atoms with Gasteiger partial charge in [-0.25, -0.2) is 9.78 Å². The Morgan fingerprint density at radius 3 is 2.73 bits per heavy atom. The number of rotatable bonds is 5. The lowest BCUT2D eigenvalue weighted by Gasteiger charge is -2.11. The van der Waals surface area contributed by atoms with Gasteiger partial charge in [0.15, 0.2) is 0 Å². The van der Waals surface area contributed by atoms with Crippen molar-refractivity contribution in [2.24, 2.45) is 5.73 Å². The van der Waals surface area contributed by atoms with E-state index in [1.807, 2.05) is 32.0 Å². The number of hydrogen-bond donors (Lipinski definition) is 3. The molecule has 0 fully saturated rings. The molecule has 2 rings (SSSR count). The van der Waals surface area contributed by atoms with E-state index in [1.165, 1.54) is 0 Å². The molecule has 6 heteroatoms. The van der Waals surface area contributed by atoms with Gasteiger partial charge in [0.25, 0.3) is 0 Å². The zero-order valence-electron chi connectivity index (χ0n) is 12.8. The Morgan fingerprint density at radius 1 is 1.27 bits per heavy atom. The third-order valence-electron chi connectivity index (χ3n) is 3.43. The Hall–Kier alpha value is -2.63. The average Bonchev–Trinajstić information content (AvgIpc) is 2.46. The van der Waals surface area contributed by atoms with Gasteiger partial charge in [0.2, 0.25) is 5.91 Å². The van der Waals surface area contributed by atoms with Gasteiger partial charge in [-0.1, -0.05) is 12.1 Å². The number of fused-ring (bicyclic) bond motifs is 1. The van der Waals surface area contributed by atoms with Crippen LogP contribution in [0.2, 0.25) is 0 Å². The minimum atomic E-state index is -0.330. The summed E-state index contributed by atoms with van der Waals surface area (Å²) < 4.78 is 0. The molecule has 0 aliphatic rings. The van der Waals surface area contributed by atoms with Crippen molar-refractivity contribution in [2.75, 3.05) is 11.9 Å². The molecule has 1 aromatic heterocycles. The summed E-state index contributed by atoms with van der Waals surface area (Å²) >= 11 is 0. The van der Waals surface area contributed by atoms with E-state index in [2.05, 4.69) is 15.6 Å². The van der Waals surface area contributed by atoms with Crippen LogP contribution in [0.5, 0.6) is 0 Å². The van der Waals surface area contributed by atoms with Crippen molar-refractivity contribution in [2.45, 2.75) is 26.7 Å². The van der Waals surface area contributed by atoms with Gasteiger partial charge in [0, 0.05) is 24.5 Å². The summed E-state index contributed by atoms with van der Waals surface area (Å²) in [5, 5.41) is 7.33. The third kappa shape index (κ3) is 3.72. The monoisotopic (exact) mass is 300 g/mol. The van der Waals surface area contributed by atoms with Gasteiger partial charge in [-0.05, 0) is 42.8 Å². The smallest absolute Gasteiger partial charge is 0.320 e. The topological polar surface area (TPSA) is 97.1 Å².